The van der Waals surface area contributed by atoms with Crippen LogP contribution in [0.4, 0.5) is 0 Å². The molecular weight excluding hydrogens is 328 g/mol. The van der Waals surface area contributed by atoms with Gasteiger partial charge in [0.15, 0.2) is 0 Å². The molecule has 1 rings (SSSR count). The Kier molecular flexibility index (Phi) is 6.14. The first-order valence-corrected chi connectivity index (χ1v) is 14.6. The summed E-state index contributed by atoms with van der Waals surface area (Å²) in [5.74, 6) is 0. The van der Waals surface area contributed by atoms with E-state index < -0.39 is 16.6 Å². The lowest BCUT2D eigenvalue weighted by atomic mass is 10.2. The van der Waals surface area contributed by atoms with Gasteiger partial charge in [0.05, 0.1) is 0 Å². The van der Waals surface area contributed by atoms with Crippen LogP contribution in [0.1, 0.15) is 47.1 Å². The second kappa shape index (κ2) is 6.91. The van der Waals surface area contributed by atoms with Gasteiger partial charge in [-0.3, -0.25) is 0 Å². The molecule has 0 saturated heterocycles. The lowest BCUT2D eigenvalue weighted by molar-refractivity contribution is 0.125. The van der Waals surface area contributed by atoms with Crippen molar-refractivity contribution >= 4 is 33.1 Å². The largest absolute Gasteiger partial charge is 0.408 e. The minimum absolute atomic E-state index is 0.144. The highest BCUT2D eigenvalue weighted by Gasteiger charge is 2.35. The summed E-state index contributed by atoms with van der Waals surface area (Å²) in [5.41, 5.74) is 0.864. The molecule has 0 atom stereocenters. The van der Waals surface area contributed by atoms with Crippen molar-refractivity contribution in [3.05, 3.63) is 30.3 Å². The van der Waals surface area contributed by atoms with Gasteiger partial charge in [0.2, 0.25) is 16.6 Å². The van der Waals surface area contributed by atoms with E-state index in [9.17, 15) is 0 Å². The van der Waals surface area contributed by atoms with Gasteiger partial charge in [0.25, 0.3) is 0 Å². The van der Waals surface area contributed by atoms with E-state index in [4.69, 9.17) is 8.85 Å². The Labute approximate surface area is 151 Å². The molecule has 0 bridgehead atoms. The second-order valence-electron chi connectivity index (χ2n) is 9.50. The van der Waals surface area contributed by atoms with Crippen molar-refractivity contribution in [1.29, 1.82) is 0 Å². The third kappa shape index (κ3) is 6.32. The van der Waals surface area contributed by atoms with E-state index in [2.05, 4.69) is 92.5 Å². The third-order valence-electron chi connectivity index (χ3n) is 3.70. The van der Waals surface area contributed by atoms with Crippen LogP contribution in [0.2, 0.25) is 26.2 Å². The molecule has 1 aromatic rings. The van der Waals surface area contributed by atoms with E-state index in [-0.39, 0.29) is 11.2 Å². The Morgan fingerprint density at radius 3 is 1.33 bits per heavy atom. The van der Waals surface area contributed by atoms with Crippen molar-refractivity contribution in [2.75, 3.05) is 0 Å². The summed E-state index contributed by atoms with van der Waals surface area (Å²) in [6, 6.07) is 6.79. The summed E-state index contributed by atoms with van der Waals surface area (Å²) < 4.78 is 12.9. The summed E-state index contributed by atoms with van der Waals surface area (Å²) in [4.78, 5) is 0. The maximum Gasteiger partial charge on any atom is 0.218 e. The van der Waals surface area contributed by atoms with Gasteiger partial charge in [-0.25, -0.2) is 0 Å². The van der Waals surface area contributed by atoms with Crippen LogP contribution in [-0.4, -0.2) is 27.8 Å². The van der Waals surface area contributed by atoms with E-state index >= 15 is 0 Å². The number of rotatable bonds is 5. The lowest BCUT2D eigenvalue weighted by Crippen LogP contribution is -2.54. The fourth-order valence-corrected chi connectivity index (χ4v) is 8.59. The van der Waals surface area contributed by atoms with Gasteiger partial charge < -0.3 is 8.85 Å². The maximum absolute atomic E-state index is 6.46. The van der Waals surface area contributed by atoms with Crippen LogP contribution < -0.4 is 10.4 Å². The molecule has 0 radical (unpaired) electrons. The molecule has 0 aliphatic rings. The smallest absolute Gasteiger partial charge is 0.218 e. The molecule has 0 amide bonds. The number of hydrogen-bond donors (Lipinski definition) is 0. The molecule has 0 spiro atoms. The predicted molar refractivity (Wildman–Crippen MR) is 112 cm³/mol. The fraction of sp³-hybridized carbons (Fsp3) is 0.600. The Morgan fingerprint density at radius 1 is 0.750 bits per heavy atom. The Balaban J connectivity index is 3.38. The average Bonchev–Trinajstić information content (AvgIpc) is 2.32. The van der Waals surface area contributed by atoms with Crippen molar-refractivity contribution in [2.45, 2.75) is 78.9 Å². The molecule has 0 fully saturated rings. The lowest BCUT2D eigenvalue weighted by Gasteiger charge is -2.35. The summed E-state index contributed by atoms with van der Waals surface area (Å²) in [6.45, 7) is 25.8. The van der Waals surface area contributed by atoms with Crippen LogP contribution in [0.5, 0.6) is 0 Å². The molecule has 2 nitrogen and oxygen atoms in total. The minimum Gasteiger partial charge on any atom is -0.408 e. The zero-order valence-corrected chi connectivity index (χ0v) is 19.3. The van der Waals surface area contributed by atoms with Gasteiger partial charge >= 0.3 is 0 Å². The predicted octanol–water partition coefficient (Wildman–Crippen LogP) is 4.78. The van der Waals surface area contributed by atoms with E-state index in [1.165, 1.54) is 10.4 Å². The van der Waals surface area contributed by atoms with Crippen molar-refractivity contribution in [3.8, 4) is 0 Å². The topological polar surface area (TPSA) is 18.5 Å². The minimum atomic E-state index is -2.01. The van der Waals surface area contributed by atoms with Crippen molar-refractivity contribution in [3.63, 3.8) is 0 Å². The van der Waals surface area contributed by atoms with Crippen LogP contribution in [0, 0.1) is 0 Å². The number of benzene rings is 1. The highest BCUT2D eigenvalue weighted by molar-refractivity contribution is 6.87. The summed E-state index contributed by atoms with van der Waals surface area (Å²) >= 11 is 0. The van der Waals surface area contributed by atoms with Gasteiger partial charge in [0.1, 0.15) is 0 Å². The second-order valence-corrected chi connectivity index (χ2v) is 17.1. The zero-order valence-electron chi connectivity index (χ0n) is 17.3. The normalized spacial score (nSPS) is 13.9. The molecule has 0 aliphatic heterocycles. The van der Waals surface area contributed by atoms with Crippen LogP contribution in [-0.2, 0) is 8.85 Å². The van der Waals surface area contributed by atoms with E-state index in [0.717, 1.165) is 5.56 Å². The molecule has 0 heterocycles. The van der Waals surface area contributed by atoms with Crippen molar-refractivity contribution < 1.29 is 8.85 Å². The van der Waals surface area contributed by atoms with E-state index in [1.807, 2.05) is 6.08 Å². The number of hydrogen-bond acceptors (Lipinski definition) is 2. The quantitative estimate of drug-likeness (QED) is 0.700. The highest BCUT2D eigenvalue weighted by atomic mass is 28.4. The fourth-order valence-electron chi connectivity index (χ4n) is 3.11. The first kappa shape index (κ1) is 21.4. The first-order chi connectivity index (χ1) is 10.6. The molecule has 0 saturated carbocycles. The Morgan fingerprint density at radius 2 is 1.08 bits per heavy atom. The van der Waals surface area contributed by atoms with Gasteiger partial charge in [-0.15, -0.1) is 0 Å². The van der Waals surface area contributed by atoms with Gasteiger partial charge in [-0.2, -0.15) is 0 Å². The Bertz CT molecular complexity index is 544. The summed E-state index contributed by atoms with van der Waals surface area (Å²) in [7, 11) is -4.02. The van der Waals surface area contributed by atoms with Gasteiger partial charge in [0, 0.05) is 11.2 Å². The molecule has 136 valence electrons. The van der Waals surface area contributed by atoms with Crippen LogP contribution in [0.25, 0.3) is 6.08 Å². The average molecular weight is 365 g/mol. The van der Waals surface area contributed by atoms with Gasteiger partial charge in [-0.1, -0.05) is 30.9 Å². The molecule has 24 heavy (non-hydrogen) atoms. The zero-order chi connectivity index (χ0) is 19.0. The van der Waals surface area contributed by atoms with Crippen molar-refractivity contribution in [2.24, 2.45) is 0 Å². The van der Waals surface area contributed by atoms with Gasteiger partial charge in [-0.05, 0) is 83.7 Å². The summed E-state index contributed by atoms with van der Waals surface area (Å²) in [6.07, 6.45) is 1.93. The SMILES string of the molecule is C=Cc1cc([Si](C)(C)OC(C)(C)C)cc([Si](C)(C)OC(C)(C)C)c1. The monoisotopic (exact) mass is 364 g/mol. The molecule has 4 heteroatoms. The Hall–Kier alpha value is -0.686. The molecule has 0 unspecified atom stereocenters. The first-order valence-electron chi connectivity index (χ1n) is 8.75. The maximum atomic E-state index is 6.46. The molecule has 0 aromatic heterocycles. The third-order valence-corrected chi connectivity index (χ3v) is 9.31. The highest BCUT2D eigenvalue weighted by Crippen LogP contribution is 2.20. The standard InChI is InChI=1S/C20H36O2Si2/c1-12-16-13-17(23(8,9)21-19(2,3)4)15-18(14-16)24(10,11)22-20(5,6)7/h12-15H,1H2,2-11H3. The molecule has 0 aliphatic carbocycles. The summed E-state index contributed by atoms with van der Waals surface area (Å²) in [5, 5.41) is 2.62. The van der Waals surface area contributed by atoms with Crippen LogP contribution in [0.3, 0.4) is 0 Å². The van der Waals surface area contributed by atoms with E-state index in [1.54, 1.807) is 0 Å². The van der Waals surface area contributed by atoms with Crippen molar-refractivity contribution in [1.82, 2.24) is 0 Å². The van der Waals surface area contributed by atoms with Crippen LogP contribution in [0.15, 0.2) is 24.8 Å². The molecular formula is C20H36O2Si2. The molecule has 0 N–H and O–H groups in total. The van der Waals surface area contributed by atoms with Crippen LogP contribution >= 0.6 is 0 Å². The molecule has 1 aromatic carbocycles. The van der Waals surface area contributed by atoms with E-state index in [0.29, 0.717) is 0 Å².